The normalized spacial score (nSPS) is 10.2. The first-order valence-corrected chi connectivity index (χ1v) is 4.73. The molecule has 1 N–H and O–H groups in total. The van der Waals surface area contributed by atoms with E-state index in [9.17, 15) is 13.6 Å². The van der Waals surface area contributed by atoms with Crippen molar-refractivity contribution in [3.8, 4) is 11.3 Å². The van der Waals surface area contributed by atoms with Gasteiger partial charge in [-0.2, -0.15) is 0 Å². The molecule has 1 aromatic heterocycles. The Balaban J connectivity index is 2.50. The summed E-state index contributed by atoms with van der Waals surface area (Å²) in [5.41, 5.74) is -0.236. The van der Waals surface area contributed by atoms with E-state index in [1.807, 2.05) is 0 Å². The van der Waals surface area contributed by atoms with Gasteiger partial charge >= 0.3 is 5.97 Å². The van der Waals surface area contributed by atoms with Crippen LogP contribution in [0.1, 0.15) is 10.4 Å². The smallest absolute Gasteiger partial charge is 0.337 e. The van der Waals surface area contributed by atoms with Crippen LogP contribution in [0, 0.1) is 11.6 Å². The number of aromatic carboxylic acids is 1. The van der Waals surface area contributed by atoms with Crippen molar-refractivity contribution in [1.29, 1.82) is 0 Å². The molecular formula is C12H7F2NO2. The van der Waals surface area contributed by atoms with Crippen molar-refractivity contribution >= 4 is 5.97 Å². The molecular weight excluding hydrogens is 228 g/mol. The maximum absolute atomic E-state index is 13.4. The van der Waals surface area contributed by atoms with Crippen LogP contribution in [0.15, 0.2) is 36.5 Å². The molecule has 0 radical (unpaired) electrons. The summed E-state index contributed by atoms with van der Waals surface area (Å²) in [7, 11) is 0. The molecule has 86 valence electrons. The molecule has 1 aromatic carbocycles. The summed E-state index contributed by atoms with van der Waals surface area (Å²) in [6, 6.07) is 6.00. The number of pyridine rings is 1. The minimum absolute atomic E-state index is 0.0366. The SMILES string of the molecule is O=C(O)c1ccc(-c2c(F)cccc2F)nc1. The van der Waals surface area contributed by atoms with Gasteiger partial charge in [0.25, 0.3) is 0 Å². The number of aromatic nitrogens is 1. The molecule has 0 aliphatic carbocycles. The number of hydrogen-bond donors (Lipinski definition) is 1. The molecule has 0 saturated carbocycles. The highest BCUT2D eigenvalue weighted by atomic mass is 19.1. The van der Waals surface area contributed by atoms with Gasteiger partial charge in [-0.05, 0) is 24.3 Å². The second-order valence-corrected chi connectivity index (χ2v) is 3.33. The summed E-state index contributed by atoms with van der Waals surface area (Å²) in [6.07, 6.45) is 1.06. The summed E-state index contributed by atoms with van der Waals surface area (Å²) in [4.78, 5) is 14.3. The molecule has 0 aliphatic heterocycles. The fourth-order valence-corrected chi connectivity index (χ4v) is 1.41. The van der Waals surface area contributed by atoms with Crippen molar-refractivity contribution < 1.29 is 18.7 Å². The number of nitrogens with zero attached hydrogens (tertiary/aromatic N) is 1. The van der Waals surface area contributed by atoms with Gasteiger partial charge in [0.05, 0.1) is 16.8 Å². The predicted octanol–water partition coefficient (Wildman–Crippen LogP) is 2.73. The Morgan fingerprint density at radius 2 is 1.76 bits per heavy atom. The number of carboxylic acids is 1. The van der Waals surface area contributed by atoms with Crippen LogP contribution in [0.25, 0.3) is 11.3 Å². The van der Waals surface area contributed by atoms with Gasteiger partial charge in [-0.3, -0.25) is 4.98 Å². The van der Waals surface area contributed by atoms with Gasteiger partial charge < -0.3 is 5.11 Å². The number of carboxylic acid groups (broad SMARTS) is 1. The van der Waals surface area contributed by atoms with Gasteiger partial charge in [0.15, 0.2) is 0 Å². The molecule has 0 unspecified atom stereocenters. The van der Waals surface area contributed by atoms with E-state index >= 15 is 0 Å². The molecule has 0 bridgehead atoms. The zero-order valence-electron chi connectivity index (χ0n) is 8.52. The van der Waals surface area contributed by atoms with E-state index in [1.165, 1.54) is 18.2 Å². The van der Waals surface area contributed by atoms with E-state index in [-0.39, 0.29) is 16.8 Å². The predicted molar refractivity (Wildman–Crippen MR) is 56.5 cm³/mol. The van der Waals surface area contributed by atoms with Gasteiger partial charge in [0, 0.05) is 6.20 Å². The van der Waals surface area contributed by atoms with Crippen molar-refractivity contribution in [2.24, 2.45) is 0 Å². The largest absolute Gasteiger partial charge is 0.478 e. The van der Waals surface area contributed by atoms with Gasteiger partial charge in [-0.1, -0.05) is 6.07 Å². The van der Waals surface area contributed by atoms with Crippen LogP contribution in [0.5, 0.6) is 0 Å². The van der Waals surface area contributed by atoms with Crippen molar-refractivity contribution in [3.63, 3.8) is 0 Å². The number of carbonyl (C=O) groups is 1. The van der Waals surface area contributed by atoms with Gasteiger partial charge in [-0.25, -0.2) is 13.6 Å². The Labute approximate surface area is 95.4 Å². The molecule has 1 heterocycles. The molecule has 0 fully saturated rings. The van der Waals surface area contributed by atoms with E-state index in [4.69, 9.17) is 5.11 Å². The Hall–Kier alpha value is -2.30. The third-order valence-electron chi connectivity index (χ3n) is 2.23. The van der Waals surface area contributed by atoms with Crippen LogP contribution in [0.2, 0.25) is 0 Å². The first-order valence-electron chi connectivity index (χ1n) is 4.73. The van der Waals surface area contributed by atoms with Crippen molar-refractivity contribution in [3.05, 3.63) is 53.7 Å². The van der Waals surface area contributed by atoms with Gasteiger partial charge in [0.1, 0.15) is 11.6 Å². The summed E-state index contributed by atoms with van der Waals surface area (Å²) >= 11 is 0. The van der Waals surface area contributed by atoms with E-state index in [0.29, 0.717) is 0 Å². The van der Waals surface area contributed by atoms with E-state index in [0.717, 1.165) is 18.3 Å². The Kier molecular flexibility index (Phi) is 2.82. The zero-order chi connectivity index (χ0) is 12.4. The van der Waals surface area contributed by atoms with Crippen molar-refractivity contribution in [1.82, 2.24) is 4.98 Å². The van der Waals surface area contributed by atoms with Crippen LogP contribution >= 0.6 is 0 Å². The fourth-order valence-electron chi connectivity index (χ4n) is 1.41. The molecule has 0 amide bonds. The molecule has 2 aromatic rings. The highest BCUT2D eigenvalue weighted by molar-refractivity contribution is 5.87. The third-order valence-corrected chi connectivity index (χ3v) is 2.23. The fraction of sp³-hybridized carbons (Fsp3) is 0. The number of halogens is 2. The first-order chi connectivity index (χ1) is 8.09. The standard InChI is InChI=1S/C12H7F2NO2/c13-8-2-1-3-9(14)11(8)10-5-4-7(6-15-10)12(16)17/h1-6H,(H,16,17). The Morgan fingerprint density at radius 1 is 1.12 bits per heavy atom. The summed E-state index contributed by atoms with van der Waals surface area (Å²) in [5, 5.41) is 8.67. The van der Waals surface area contributed by atoms with Crippen LogP contribution in [0.3, 0.4) is 0 Å². The minimum atomic E-state index is -1.14. The average Bonchev–Trinajstić information content (AvgIpc) is 2.29. The zero-order valence-corrected chi connectivity index (χ0v) is 8.52. The quantitative estimate of drug-likeness (QED) is 0.870. The molecule has 0 saturated heterocycles. The maximum Gasteiger partial charge on any atom is 0.337 e. The summed E-state index contributed by atoms with van der Waals surface area (Å²) < 4.78 is 26.8. The van der Waals surface area contributed by atoms with E-state index in [2.05, 4.69) is 4.98 Å². The molecule has 0 aliphatic rings. The lowest BCUT2D eigenvalue weighted by Gasteiger charge is -2.04. The van der Waals surface area contributed by atoms with Gasteiger partial charge in [0.2, 0.25) is 0 Å². The van der Waals surface area contributed by atoms with Crippen LogP contribution in [-0.2, 0) is 0 Å². The summed E-state index contributed by atoms with van der Waals surface area (Å²) in [5.74, 6) is -2.61. The third kappa shape index (κ3) is 2.13. The topological polar surface area (TPSA) is 50.2 Å². The average molecular weight is 235 g/mol. The van der Waals surface area contributed by atoms with Crippen molar-refractivity contribution in [2.75, 3.05) is 0 Å². The van der Waals surface area contributed by atoms with Crippen LogP contribution < -0.4 is 0 Å². The van der Waals surface area contributed by atoms with Crippen LogP contribution in [0.4, 0.5) is 8.78 Å². The second kappa shape index (κ2) is 4.29. The lowest BCUT2D eigenvalue weighted by Crippen LogP contribution is -1.98. The Morgan fingerprint density at radius 3 is 2.24 bits per heavy atom. The van der Waals surface area contributed by atoms with E-state index < -0.39 is 17.6 Å². The second-order valence-electron chi connectivity index (χ2n) is 3.33. The number of rotatable bonds is 2. The molecule has 2 rings (SSSR count). The number of benzene rings is 1. The van der Waals surface area contributed by atoms with E-state index in [1.54, 1.807) is 0 Å². The van der Waals surface area contributed by atoms with Crippen LogP contribution in [-0.4, -0.2) is 16.1 Å². The molecule has 0 spiro atoms. The lowest BCUT2D eigenvalue weighted by atomic mass is 10.1. The summed E-state index contributed by atoms with van der Waals surface area (Å²) in [6.45, 7) is 0. The lowest BCUT2D eigenvalue weighted by molar-refractivity contribution is 0.0696. The minimum Gasteiger partial charge on any atom is -0.478 e. The number of hydrogen-bond acceptors (Lipinski definition) is 2. The monoisotopic (exact) mass is 235 g/mol. The molecule has 17 heavy (non-hydrogen) atoms. The van der Waals surface area contributed by atoms with Gasteiger partial charge in [-0.15, -0.1) is 0 Å². The maximum atomic E-state index is 13.4. The van der Waals surface area contributed by atoms with Crippen molar-refractivity contribution in [2.45, 2.75) is 0 Å². The molecule has 0 atom stereocenters. The molecule has 5 heteroatoms. The Bertz CT molecular complexity index is 547. The highest BCUT2D eigenvalue weighted by Gasteiger charge is 2.12. The first kappa shape index (κ1) is 11.2. The molecule has 3 nitrogen and oxygen atoms in total. The highest BCUT2D eigenvalue weighted by Crippen LogP contribution is 2.23.